The molecule has 0 aliphatic rings. The van der Waals surface area contributed by atoms with E-state index in [1.165, 1.54) is 5.38 Å². The van der Waals surface area contributed by atoms with Crippen LogP contribution in [0.1, 0.15) is 36.0 Å². The van der Waals surface area contributed by atoms with Crippen LogP contribution in [0, 0.1) is 6.92 Å². The molecule has 0 saturated heterocycles. The summed E-state index contributed by atoms with van der Waals surface area (Å²) in [5, 5.41) is 10.6. The van der Waals surface area contributed by atoms with Gasteiger partial charge in [-0.05, 0) is 38.6 Å². The SMILES string of the molecule is CCOC(C)(C)CNS(=O)(=O)c1c(C)csc1C(=O)O. The molecule has 1 rings (SSSR count). The highest BCUT2D eigenvalue weighted by Gasteiger charge is 2.29. The molecule has 0 unspecified atom stereocenters. The minimum atomic E-state index is -3.88. The van der Waals surface area contributed by atoms with Crippen LogP contribution in [0.5, 0.6) is 0 Å². The molecule has 6 nitrogen and oxygen atoms in total. The van der Waals surface area contributed by atoms with Gasteiger partial charge in [0, 0.05) is 13.2 Å². The van der Waals surface area contributed by atoms with Gasteiger partial charge >= 0.3 is 5.97 Å². The number of rotatable bonds is 7. The molecule has 0 atom stereocenters. The van der Waals surface area contributed by atoms with E-state index in [9.17, 15) is 13.2 Å². The lowest BCUT2D eigenvalue weighted by molar-refractivity contribution is -0.00515. The van der Waals surface area contributed by atoms with Gasteiger partial charge in [0.1, 0.15) is 9.77 Å². The quantitative estimate of drug-likeness (QED) is 0.799. The van der Waals surface area contributed by atoms with Crippen LogP contribution in [0.4, 0.5) is 0 Å². The second-order valence-corrected chi connectivity index (χ2v) is 7.48. The number of sulfonamides is 1. The number of hydrogen-bond donors (Lipinski definition) is 2. The topological polar surface area (TPSA) is 92.7 Å². The van der Waals surface area contributed by atoms with E-state index >= 15 is 0 Å². The van der Waals surface area contributed by atoms with E-state index in [0.717, 1.165) is 11.3 Å². The zero-order chi connectivity index (χ0) is 15.6. The number of nitrogens with one attached hydrogen (secondary N) is 1. The number of thiophene rings is 1. The Labute approximate surface area is 122 Å². The molecule has 20 heavy (non-hydrogen) atoms. The lowest BCUT2D eigenvalue weighted by Crippen LogP contribution is -2.40. The molecule has 0 aliphatic carbocycles. The summed E-state index contributed by atoms with van der Waals surface area (Å²) >= 11 is 0.905. The number of hydrogen-bond acceptors (Lipinski definition) is 5. The third kappa shape index (κ3) is 4.02. The molecule has 0 amide bonds. The van der Waals surface area contributed by atoms with E-state index in [1.807, 2.05) is 6.92 Å². The van der Waals surface area contributed by atoms with Crippen LogP contribution in [0.3, 0.4) is 0 Å². The highest BCUT2D eigenvalue weighted by molar-refractivity contribution is 7.89. The summed E-state index contributed by atoms with van der Waals surface area (Å²) in [4.78, 5) is 10.7. The normalized spacial score (nSPS) is 12.6. The highest BCUT2D eigenvalue weighted by atomic mass is 32.2. The summed E-state index contributed by atoms with van der Waals surface area (Å²) in [6.45, 7) is 7.45. The Morgan fingerprint density at radius 1 is 1.50 bits per heavy atom. The van der Waals surface area contributed by atoms with Crippen molar-refractivity contribution in [3.05, 3.63) is 15.8 Å². The number of aromatic carboxylic acids is 1. The standard InChI is InChI=1S/C12H19NO5S2/c1-5-18-12(3,4)7-13-20(16,17)10-8(2)6-19-9(10)11(14)15/h6,13H,5,7H2,1-4H3,(H,14,15). The molecular formula is C12H19NO5S2. The van der Waals surface area contributed by atoms with Gasteiger partial charge in [-0.15, -0.1) is 11.3 Å². The van der Waals surface area contributed by atoms with Gasteiger partial charge in [-0.25, -0.2) is 17.9 Å². The van der Waals surface area contributed by atoms with Gasteiger partial charge in [-0.1, -0.05) is 0 Å². The van der Waals surface area contributed by atoms with Crippen molar-refractivity contribution in [3.8, 4) is 0 Å². The molecule has 0 spiro atoms. The molecule has 1 heterocycles. The Bertz CT molecular complexity index is 589. The van der Waals surface area contributed by atoms with E-state index in [0.29, 0.717) is 12.2 Å². The summed E-state index contributed by atoms with van der Waals surface area (Å²) in [7, 11) is -3.88. The number of aryl methyl sites for hydroxylation is 1. The number of carbonyl (C=O) groups is 1. The highest BCUT2D eigenvalue weighted by Crippen LogP contribution is 2.27. The summed E-state index contributed by atoms with van der Waals surface area (Å²) in [5.74, 6) is -1.24. The molecular weight excluding hydrogens is 302 g/mol. The van der Waals surface area contributed by atoms with E-state index < -0.39 is 21.6 Å². The smallest absolute Gasteiger partial charge is 0.347 e. The van der Waals surface area contributed by atoms with Crippen LogP contribution in [-0.4, -0.2) is 38.2 Å². The van der Waals surface area contributed by atoms with Crippen LogP contribution in [0.25, 0.3) is 0 Å². The van der Waals surface area contributed by atoms with Crippen LogP contribution >= 0.6 is 11.3 Å². The van der Waals surface area contributed by atoms with Crippen molar-refractivity contribution in [1.29, 1.82) is 0 Å². The summed E-state index contributed by atoms with van der Waals surface area (Å²) in [6.07, 6.45) is 0. The summed E-state index contributed by atoms with van der Waals surface area (Å²) in [6, 6.07) is 0. The molecule has 114 valence electrons. The molecule has 1 aromatic heterocycles. The van der Waals surface area contributed by atoms with Crippen molar-refractivity contribution >= 4 is 27.3 Å². The Balaban J connectivity index is 3.01. The Hall–Kier alpha value is -0.960. The first-order valence-electron chi connectivity index (χ1n) is 6.05. The minimum Gasteiger partial charge on any atom is -0.477 e. The van der Waals surface area contributed by atoms with Crippen LogP contribution in [0.2, 0.25) is 0 Å². The first-order valence-corrected chi connectivity index (χ1v) is 8.42. The fraction of sp³-hybridized carbons (Fsp3) is 0.583. The maximum Gasteiger partial charge on any atom is 0.347 e. The van der Waals surface area contributed by atoms with Crippen molar-refractivity contribution in [2.45, 2.75) is 38.2 Å². The van der Waals surface area contributed by atoms with Gasteiger partial charge in [-0.3, -0.25) is 0 Å². The molecule has 8 heteroatoms. The fourth-order valence-corrected chi connectivity index (χ4v) is 4.52. The van der Waals surface area contributed by atoms with Crippen molar-refractivity contribution in [2.75, 3.05) is 13.2 Å². The maximum absolute atomic E-state index is 12.3. The van der Waals surface area contributed by atoms with Gasteiger partial charge in [0.25, 0.3) is 0 Å². The molecule has 0 saturated carbocycles. The number of carboxylic acid groups (broad SMARTS) is 1. The molecule has 0 aromatic carbocycles. The van der Waals surface area contributed by atoms with Crippen molar-refractivity contribution in [3.63, 3.8) is 0 Å². The second kappa shape index (κ2) is 6.21. The van der Waals surface area contributed by atoms with Crippen molar-refractivity contribution < 1.29 is 23.1 Å². The predicted molar refractivity (Wildman–Crippen MR) is 76.9 cm³/mol. The van der Waals surface area contributed by atoms with Crippen molar-refractivity contribution in [2.24, 2.45) is 0 Å². The van der Waals surface area contributed by atoms with E-state index in [-0.39, 0.29) is 16.3 Å². The first kappa shape index (κ1) is 17.1. The minimum absolute atomic E-state index is 0.0670. The average Bonchev–Trinajstić information content (AvgIpc) is 2.70. The Morgan fingerprint density at radius 3 is 2.60 bits per heavy atom. The van der Waals surface area contributed by atoms with Gasteiger partial charge in [0.15, 0.2) is 0 Å². The fourth-order valence-electron chi connectivity index (χ4n) is 1.70. The molecule has 0 bridgehead atoms. The van der Waals surface area contributed by atoms with E-state index in [4.69, 9.17) is 9.84 Å². The first-order chi connectivity index (χ1) is 9.10. The zero-order valence-corrected chi connectivity index (χ0v) is 13.5. The third-order valence-corrected chi connectivity index (χ3v) is 5.41. The largest absolute Gasteiger partial charge is 0.477 e. The van der Waals surface area contributed by atoms with Crippen LogP contribution in [0.15, 0.2) is 10.3 Å². The average molecular weight is 321 g/mol. The molecule has 2 N–H and O–H groups in total. The Morgan fingerprint density at radius 2 is 2.10 bits per heavy atom. The van der Waals surface area contributed by atoms with E-state index in [1.54, 1.807) is 20.8 Å². The summed E-state index contributed by atoms with van der Waals surface area (Å²) in [5.41, 5.74) is -0.232. The Kier molecular flexibility index (Phi) is 5.31. The summed E-state index contributed by atoms with van der Waals surface area (Å²) < 4.78 is 32.4. The number of ether oxygens (including phenoxy) is 1. The molecule has 0 fully saturated rings. The third-order valence-electron chi connectivity index (χ3n) is 2.60. The molecule has 0 aliphatic heterocycles. The maximum atomic E-state index is 12.3. The van der Waals surface area contributed by atoms with Crippen LogP contribution in [-0.2, 0) is 14.8 Å². The van der Waals surface area contributed by atoms with Crippen molar-refractivity contribution in [1.82, 2.24) is 4.72 Å². The zero-order valence-electron chi connectivity index (χ0n) is 11.9. The second-order valence-electron chi connectivity index (χ2n) is 4.90. The molecule has 1 aromatic rings. The van der Waals surface area contributed by atoms with Gasteiger partial charge in [-0.2, -0.15) is 0 Å². The van der Waals surface area contributed by atoms with Gasteiger partial charge in [0.2, 0.25) is 10.0 Å². The molecule has 0 radical (unpaired) electrons. The van der Waals surface area contributed by atoms with Gasteiger partial charge < -0.3 is 9.84 Å². The lowest BCUT2D eigenvalue weighted by atomic mass is 10.1. The van der Waals surface area contributed by atoms with E-state index in [2.05, 4.69) is 4.72 Å². The predicted octanol–water partition coefficient (Wildman–Crippen LogP) is 1.85. The monoisotopic (exact) mass is 321 g/mol. The van der Waals surface area contributed by atoms with Crippen LogP contribution < -0.4 is 4.72 Å². The number of carboxylic acids is 1. The lowest BCUT2D eigenvalue weighted by Gasteiger charge is -2.24. The van der Waals surface area contributed by atoms with Gasteiger partial charge in [0.05, 0.1) is 5.60 Å².